The van der Waals surface area contributed by atoms with Crippen molar-refractivity contribution in [3.05, 3.63) is 34.0 Å². The molecule has 0 spiro atoms. The van der Waals surface area contributed by atoms with E-state index in [1.54, 1.807) is 0 Å². The molecule has 2 aromatic rings. The van der Waals surface area contributed by atoms with E-state index in [1.165, 1.54) is 7.05 Å². The smallest absolute Gasteiger partial charge is 0.355 e. The first-order chi connectivity index (χ1) is 9.82. The Morgan fingerprint density at radius 1 is 1.38 bits per heavy atom. The molecule has 11 heteroatoms. The van der Waals surface area contributed by atoms with Gasteiger partial charge in [0.15, 0.2) is 0 Å². The summed E-state index contributed by atoms with van der Waals surface area (Å²) in [4.78, 5) is 29.8. The number of nitrogens with zero attached hydrogens (tertiary/aromatic N) is 2. The lowest BCUT2D eigenvalue weighted by Crippen LogP contribution is -2.24. The number of aromatic nitrogens is 3. The molecule has 2 heterocycles. The first-order valence-corrected chi connectivity index (χ1v) is 6.24. The molecule has 1 amide bonds. The Balaban J connectivity index is 2.36. The zero-order valence-electron chi connectivity index (χ0n) is 10.4. The summed E-state index contributed by atoms with van der Waals surface area (Å²) in [7, 11) is 1.33. The summed E-state index contributed by atoms with van der Waals surface area (Å²) in [5.74, 6) is -0.845. The number of rotatable bonds is 3. The topological polar surface area (TPSA) is 99.8 Å². The number of H-pyrrole nitrogens is 1. The Morgan fingerprint density at radius 2 is 2.10 bits per heavy atom. The normalized spacial score (nSPS) is 11.2. The summed E-state index contributed by atoms with van der Waals surface area (Å²) in [6.07, 6.45) is -3.88. The van der Waals surface area contributed by atoms with Gasteiger partial charge in [0.2, 0.25) is 0 Å². The number of hydrogen-bond acceptors (Lipinski definition) is 6. The monoisotopic (exact) mass is 319 g/mol. The van der Waals surface area contributed by atoms with E-state index in [-0.39, 0.29) is 16.4 Å². The van der Waals surface area contributed by atoms with E-state index in [4.69, 9.17) is 0 Å². The minimum absolute atomic E-state index is 0.0613. The summed E-state index contributed by atoms with van der Waals surface area (Å²) in [5.41, 5.74) is -2.01. The van der Waals surface area contributed by atoms with Crippen molar-refractivity contribution in [1.82, 2.24) is 19.7 Å². The lowest BCUT2D eigenvalue weighted by atomic mass is 10.3. The number of halogens is 3. The molecule has 112 valence electrons. The number of alkyl halides is 3. The molecule has 2 rings (SSSR count). The fraction of sp³-hybridized carbons (Fsp3) is 0.200. The molecular weight excluding hydrogens is 311 g/mol. The fourth-order valence-electron chi connectivity index (χ4n) is 1.42. The van der Waals surface area contributed by atoms with Crippen molar-refractivity contribution in [2.24, 2.45) is 0 Å². The standard InChI is InChI=1S/C10H8F3N5O2S/c1-14-7(19)6-8(20)18-21-9(6)17-5-2-4(10(11,12)13)15-3-16-5/h2-3H,1H3,(H,14,19)(H,18,20)(H,15,16,17). The summed E-state index contributed by atoms with van der Waals surface area (Å²) >= 11 is 0.777. The first kappa shape index (κ1) is 15.0. The molecule has 0 aliphatic rings. The van der Waals surface area contributed by atoms with Gasteiger partial charge in [-0.2, -0.15) is 13.2 Å². The maximum absolute atomic E-state index is 12.5. The lowest BCUT2D eigenvalue weighted by molar-refractivity contribution is -0.141. The highest BCUT2D eigenvalue weighted by molar-refractivity contribution is 7.10. The van der Waals surface area contributed by atoms with E-state index in [0.29, 0.717) is 6.07 Å². The zero-order valence-corrected chi connectivity index (χ0v) is 11.2. The van der Waals surface area contributed by atoms with Gasteiger partial charge in [0, 0.05) is 13.1 Å². The van der Waals surface area contributed by atoms with Gasteiger partial charge in [-0.05, 0) is 11.5 Å². The van der Waals surface area contributed by atoms with Crippen molar-refractivity contribution in [2.45, 2.75) is 6.18 Å². The third-order valence-electron chi connectivity index (χ3n) is 2.35. The van der Waals surface area contributed by atoms with Gasteiger partial charge >= 0.3 is 6.18 Å². The van der Waals surface area contributed by atoms with Crippen LogP contribution in [-0.2, 0) is 6.18 Å². The lowest BCUT2D eigenvalue weighted by Gasteiger charge is -2.08. The van der Waals surface area contributed by atoms with E-state index in [0.717, 1.165) is 17.9 Å². The van der Waals surface area contributed by atoms with E-state index < -0.39 is 23.3 Å². The van der Waals surface area contributed by atoms with Gasteiger partial charge in [-0.25, -0.2) is 9.97 Å². The van der Waals surface area contributed by atoms with Gasteiger partial charge in [0.25, 0.3) is 11.5 Å². The van der Waals surface area contributed by atoms with Crippen LogP contribution >= 0.6 is 11.5 Å². The van der Waals surface area contributed by atoms with Gasteiger partial charge in [-0.1, -0.05) is 0 Å². The van der Waals surface area contributed by atoms with Crippen molar-refractivity contribution >= 4 is 28.3 Å². The predicted octanol–water partition coefficient (Wildman–Crippen LogP) is 1.35. The molecule has 0 aliphatic carbocycles. The maximum atomic E-state index is 12.5. The number of carbonyl (C=O) groups is 1. The molecule has 0 atom stereocenters. The molecule has 0 fully saturated rings. The Bertz CT molecular complexity index is 724. The zero-order chi connectivity index (χ0) is 15.6. The Kier molecular flexibility index (Phi) is 3.93. The van der Waals surface area contributed by atoms with Crippen LogP contribution in [0.15, 0.2) is 17.2 Å². The molecular formula is C10H8F3N5O2S. The first-order valence-electron chi connectivity index (χ1n) is 5.42. The van der Waals surface area contributed by atoms with Crippen LogP contribution < -0.4 is 16.2 Å². The van der Waals surface area contributed by atoms with Gasteiger partial charge in [0.05, 0.1) is 0 Å². The van der Waals surface area contributed by atoms with Gasteiger partial charge in [0.1, 0.15) is 28.4 Å². The Labute approximate surface area is 119 Å². The number of amides is 1. The summed E-state index contributed by atoms with van der Waals surface area (Å²) in [6, 6.07) is 0.678. The van der Waals surface area contributed by atoms with E-state index in [2.05, 4.69) is 25.0 Å². The minimum atomic E-state index is -4.62. The second kappa shape index (κ2) is 5.52. The van der Waals surface area contributed by atoms with Crippen LogP contribution in [0.3, 0.4) is 0 Å². The van der Waals surface area contributed by atoms with E-state index in [9.17, 15) is 22.8 Å². The van der Waals surface area contributed by atoms with Crippen LogP contribution in [0.25, 0.3) is 0 Å². The molecule has 2 aromatic heterocycles. The number of anilines is 2. The van der Waals surface area contributed by atoms with E-state index in [1.807, 2.05) is 0 Å². The summed E-state index contributed by atoms with van der Waals surface area (Å²) in [6.45, 7) is 0. The van der Waals surface area contributed by atoms with Gasteiger partial charge < -0.3 is 10.6 Å². The van der Waals surface area contributed by atoms with Crippen LogP contribution in [0.1, 0.15) is 16.1 Å². The average Bonchev–Trinajstić information content (AvgIpc) is 2.78. The Hall–Kier alpha value is -2.43. The number of carbonyl (C=O) groups excluding carboxylic acids is 1. The van der Waals surface area contributed by atoms with Crippen LogP contribution in [-0.4, -0.2) is 27.3 Å². The minimum Gasteiger partial charge on any atom is -0.355 e. The van der Waals surface area contributed by atoms with E-state index >= 15 is 0 Å². The largest absolute Gasteiger partial charge is 0.433 e. The predicted molar refractivity (Wildman–Crippen MR) is 68.6 cm³/mol. The Morgan fingerprint density at radius 3 is 2.71 bits per heavy atom. The van der Waals surface area contributed by atoms with Crippen LogP contribution in [0, 0.1) is 0 Å². The highest BCUT2D eigenvalue weighted by Crippen LogP contribution is 2.29. The van der Waals surface area contributed by atoms with Crippen LogP contribution in [0.4, 0.5) is 24.0 Å². The molecule has 0 aromatic carbocycles. The fourth-order valence-corrected chi connectivity index (χ4v) is 2.16. The molecule has 0 bridgehead atoms. The van der Waals surface area contributed by atoms with Gasteiger partial charge in [-0.3, -0.25) is 14.0 Å². The average molecular weight is 319 g/mol. The third kappa shape index (κ3) is 3.18. The summed E-state index contributed by atoms with van der Waals surface area (Å²) < 4.78 is 39.9. The van der Waals surface area contributed by atoms with Crippen molar-refractivity contribution in [3.63, 3.8) is 0 Å². The second-order valence-corrected chi connectivity index (χ2v) is 4.54. The summed E-state index contributed by atoms with van der Waals surface area (Å²) in [5, 5.41) is 4.82. The molecule has 0 saturated carbocycles. The van der Waals surface area contributed by atoms with Crippen molar-refractivity contribution in [3.8, 4) is 0 Å². The second-order valence-electron chi connectivity index (χ2n) is 3.73. The number of aromatic amines is 1. The van der Waals surface area contributed by atoms with Crippen LogP contribution in [0.5, 0.6) is 0 Å². The highest BCUT2D eigenvalue weighted by atomic mass is 32.1. The van der Waals surface area contributed by atoms with Crippen LogP contribution in [0.2, 0.25) is 0 Å². The third-order valence-corrected chi connectivity index (χ3v) is 3.15. The molecule has 0 radical (unpaired) electrons. The quantitative estimate of drug-likeness (QED) is 0.793. The molecule has 0 aliphatic heterocycles. The number of nitrogens with one attached hydrogen (secondary N) is 3. The SMILES string of the molecule is CNC(=O)c1c(Nc2cc(C(F)(F)F)ncn2)s[nH]c1=O. The molecule has 0 unspecified atom stereocenters. The highest BCUT2D eigenvalue weighted by Gasteiger charge is 2.33. The van der Waals surface area contributed by atoms with Crippen molar-refractivity contribution in [2.75, 3.05) is 12.4 Å². The molecule has 7 nitrogen and oxygen atoms in total. The van der Waals surface area contributed by atoms with Gasteiger partial charge in [-0.15, -0.1) is 0 Å². The molecule has 21 heavy (non-hydrogen) atoms. The molecule has 3 N–H and O–H groups in total. The van der Waals surface area contributed by atoms with Crippen molar-refractivity contribution < 1.29 is 18.0 Å². The molecule has 0 saturated heterocycles. The number of hydrogen-bond donors (Lipinski definition) is 3. The van der Waals surface area contributed by atoms with Crippen molar-refractivity contribution in [1.29, 1.82) is 0 Å². The maximum Gasteiger partial charge on any atom is 0.433 e.